The van der Waals surface area contributed by atoms with Crippen molar-refractivity contribution < 1.29 is 14.8 Å². The molecular weight excluding hydrogens is 248 g/mol. The van der Waals surface area contributed by atoms with Gasteiger partial charge in [0.2, 0.25) is 5.91 Å². The summed E-state index contributed by atoms with van der Waals surface area (Å²) >= 11 is 0. The number of hydrogen-bond acceptors (Lipinski definition) is 4. The van der Waals surface area contributed by atoms with Crippen LogP contribution in [-0.2, 0) is 4.79 Å². The van der Waals surface area contributed by atoms with E-state index in [9.17, 15) is 9.59 Å². The summed E-state index contributed by atoms with van der Waals surface area (Å²) in [6, 6.07) is 5.86. The lowest BCUT2D eigenvalue weighted by Crippen LogP contribution is -2.35. The fourth-order valence-corrected chi connectivity index (χ4v) is 1.51. The van der Waals surface area contributed by atoms with Gasteiger partial charge in [-0.05, 0) is 19.1 Å². The van der Waals surface area contributed by atoms with E-state index in [1.165, 1.54) is 0 Å². The van der Waals surface area contributed by atoms with Gasteiger partial charge in [0.1, 0.15) is 0 Å². The monoisotopic (exact) mass is 264 g/mol. The highest BCUT2D eigenvalue weighted by Crippen LogP contribution is 2.05. The van der Waals surface area contributed by atoms with Crippen molar-refractivity contribution in [2.75, 3.05) is 0 Å². The van der Waals surface area contributed by atoms with Gasteiger partial charge in [-0.3, -0.25) is 9.59 Å². The minimum Gasteiger partial charge on any atom is -0.409 e. The average molecular weight is 264 g/mol. The fraction of sp³-hybridized carbons (Fsp3) is 0.250. The van der Waals surface area contributed by atoms with Gasteiger partial charge < -0.3 is 22.0 Å². The van der Waals surface area contributed by atoms with Crippen LogP contribution in [-0.4, -0.2) is 28.9 Å². The highest BCUT2D eigenvalue weighted by molar-refractivity contribution is 5.99. The van der Waals surface area contributed by atoms with Gasteiger partial charge in [-0.15, -0.1) is 0 Å². The third kappa shape index (κ3) is 4.30. The lowest BCUT2D eigenvalue weighted by atomic mass is 10.1. The van der Waals surface area contributed by atoms with E-state index in [2.05, 4.69) is 10.5 Å². The first-order chi connectivity index (χ1) is 8.93. The number of nitrogens with zero attached hydrogens (tertiary/aromatic N) is 1. The number of rotatable bonds is 5. The number of benzene rings is 1. The van der Waals surface area contributed by atoms with E-state index < -0.39 is 5.91 Å². The van der Waals surface area contributed by atoms with Gasteiger partial charge >= 0.3 is 0 Å². The molecule has 0 fully saturated rings. The first kappa shape index (κ1) is 14.5. The number of hydrogen-bond donors (Lipinski definition) is 4. The molecule has 1 rings (SSSR count). The molecule has 0 aromatic heterocycles. The summed E-state index contributed by atoms with van der Waals surface area (Å²) < 4.78 is 0. The Labute approximate surface area is 110 Å². The number of nitrogens with one attached hydrogen (secondary N) is 1. The molecule has 0 saturated heterocycles. The predicted molar refractivity (Wildman–Crippen MR) is 69.7 cm³/mol. The molecule has 1 atom stereocenters. The summed E-state index contributed by atoms with van der Waals surface area (Å²) in [6.45, 7) is 1.69. The van der Waals surface area contributed by atoms with Crippen molar-refractivity contribution in [3.05, 3.63) is 35.4 Å². The van der Waals surface area contributed by atoms with E-state index >= 15 is 0 Å². The Kier molecular flexibility index (Phi) is 4.87. The molecule has 0 bridgehead atoms. The quantitative estimate of drug-likeness (QED) is 0.253. The summed E-state index contributed by atoms with van der Waals surface area (Å²) in [7, 11) is 0. The van der Waals surface area contributed by atoms with Crippen molar-refractivity contribution in [2.45, 2.75) is 19.4 Å². The Balaban J connectivity index is 2.70. The van der Waals surface area contributed by atoms with E-state index in [0.29, 0.717) is 11.1 Å². The first-order valence-corrected chi connectivity index (χ1v) is 5.61. The summed E-state index contributed by atoms with van der Waals surface area (Å²) in [5.74, 6) is -0.830. The number of primary amides is 1. The van der Waals surface area contributed by atoms with E-state index in [1.807, 2.05) is 0 Å². The Bertz CT molecular complexity index is 496. The molecule has 7 heteroatoms. The van der Waals surface area contributed by atoms with Crippen LogP contribution in [0.15, 0.2) is 29.4 Å². The topological polar surface area (TPSA) is 131 Å². The second kappa shape index (κ2) is 6.39. The van der Waals surface area contributed by atoms with Crippen molar-refractivity contribution in [3.8, 4) is 0 Å². The van der Waals surface area contributed by atoms with Gasteiger partial charge in [-0.25, -0.2) is 0 Å². The molecule has 1 aromatic carbocycles. The molecule has 0 aliphatic rings. The summed E-state index contributed by atoms with van der Waals surface area (Å²) in [4.78, 5) is 22.5. The van der Waals surface area contributed by atoms with Crippen molar-refractivity contribution in [2.24, 2.45) is 16.6 Å². The highest BCUT2D eigenvalue weighted by Gasteiger charge is 2.11. The smallest absolute Gasteiger partial charge is 0.251 e. The first-order valence-electron chi connectivity index (χ1n) is 5.61. The van der Waals surface area contributed by atoms with Crippen LogP contribution in [0.2, 0.25) is 0 Å². The Morgan fingerprint density at radius 1 is 1.26 bits per heavy atom. The van der Waals surface area contributed by atoms with Crippen molar-refractivity contribution in [1.82, 2.24) is 5.32 Å². The van der Waals surface area contributed by atoms with Gasteiger partial charge in [-0.1, -0.05) is 17.3 Å². The van der Waals surface area contributed by atoms with Crippen LogP contribution in [0.3, 0.4) is 0 Å². The molecular formula is C12H16N4O3. The van der Waals surface area contributed by atoms with E-state index in [0.717, 1.165) is 0 Å². The summed E-state index contributed by atoms with van der Waals surface area (Å²) in [6.07, 6.45) is 0.0773. The second-order valence-corrected chi connectivity index (χ2v) is 4.11. The number of nitrogens with two attached hydrogens (primary N) is 2. The van der Waals surface area contributed by atoms with Crippen LogP contribution in [0.25, 0.3) is 0 Å². The van der Waals surface area contributed by atoms with Crippen molar-refractivity contribution in [1.29, 1.82) is 0 Å². The number of amidine groups is 1. The molecule has 0 radical (unpaired) electrons. The second-order valence-electron chi connectivity index (χ2n) is 4.11. The molecule has 102 valence electrons. The zero-order valence-electron chi connectivity index (χ0n) is 10.5. The standard InChI is InChI=1S/C12H16N4O3/c1-7(6-10(13)17)15-12(18)9-4-2-8(3-5-9)11(14)16-19/h2-5,7,19H,6H2,1H3,(H2,13,17)(H2,14,16)(H,15,18). The van der Waals surface area contributed by atoms with Crippen molar-refractivity contribution in [3.63, 3.8) is 0 Å². The van der Waals surface area contributed by atoms with Gasteiger partial charge in [-0.2, -0.15) is 0 Å². The SMILES string of the molecule is CC(CC(N)=O)NC(=O)c1ccc(/C(N)=N/O)cc1. The lowest BCUT2D eigenvalue weighted by molar-refractivity contribution is -0.118. The van der Waals surface area contributed by atoms with Crippen LogP contribution in [0, 0.1) is 0 Å². The maximum absolute atomic E-state index is 11.8. The maximum Gasteiger partial charge on any atom is 0.251 e. The maximum atomic E-state index is 11.8. The molecule has 0 aliphatic heterocycles. The molecule has 0 spiro atoms. The normalized spacial score (nSPS) is 12.8. The number of oxime groups is 1. The molecule has 1 aromatic rings. The van der Waals surface area contributed by atoms with Gasteiger partial charge in [0.25, 0.3) is 5.91 Å². The van der Waals surface area contributed by atoms with Crippen LogP contribution in [0.4, 0.5) is 0 Å². The fourth-order valence-electron chi connectivity index (χ4n) is 1.51. The number of amides is 2. The third-order valence-corrected chi connectivity index (χ3v) is 2.44. The lowest BCUT2D eigenvalue weighted by Gasteiger charge is -2.12. The van der Waals surface area contributed by atoms with E-state index in [4.69, 9.17) is 16.7 Å². The summed E-state index contributed by atoms with van der Waals surface area (Å²) in [5.41, 5.74) is 11.4. The van der Waals surface area contributed by atoms with Gasteiger partial charge in [0, 0.05) is 23.6 Å². The summed E-state index contributed by atoms with van der Waals surface area (Å²) in [5, 5.41) is 14.0. The minimum absolute atomic E-state index is 0.0333. The molecule has 1 unspecified atom stereocenters. The Hall–Kier alpha value is -2.57. The third-order valence-electron chi connectivity index (χ3n) is 2.44. The number of carbonyl (C=O) groups excluding carboxylic acids is 2. The van der Waals surface area contributed by atoms with Gasteiger partial charge in [0.15, 0.2) is 5.84 Å². The molecule has 0 heterocycles. The van der Waals surface area contributed by atoms with Crippen LogP contribution < -0.4 is 16.8 Å². The van der Waals surface area contributed by atoms with E-state index in [1.54, 1.807) is 31.2 Å². The molecule has 19 heavy (non-hydrogen) atoms. The molecule has 2 amide bonds. The Morgan fingerprint density at radius 2 is 1.79 bits per heavy atom. The van der Waals surface area contributed by atoms with Crippen LogP contribution >= 0.6 is 0 Å². The molecule has 6 N–H and O–H groups in total. The van der Waals surface area contributed by atoms with Gasteiger partial charge in [0.05, 0.1) is 0 Å². The number of carbonyl (C=O) groups is 2. The predicted octanol–water partition coefficient (Wildman–Crippen LogP) is -0.225. The average Bonchev–Trinajstić information content (AvgIpc) is 2.36. The van der Waals surface area contributed by atoms with Crippen LogP contribution in [0.5, 0.6) is 0 Å². The largest absolute Gasteiger partial charge is 0.409 e. The minimum atomic E-state index is -0.477. The zero-order chi connectivity index (χ0) is 14.4. The van der Waals surface area contributed by atoms with Crippen molar-refractivity contribution >= 4 is 17.6 Å². The van der Waals surface area contributed by atoms with Crippen LogP contribution in [0.1, 0.15) is 29.3 Å². The zero-order valence-corrected chi connectivity index (χ0v) is 10.5. The Morgan fingerprint density at radius 3 is 2.26 bits per heavy atom. The molecule has 0 saturated carbocycles. The molecule has 0 aliphatic carbocycles. The molecule has 7 nitrogen and oxygen atoms in total. The highest BCUT2D eigenvalue weighted by atomic mass is 16.4. The van der Waals surface area contributed by atoms with E-state index in [-0.39, 0.29) is 24.2 Å².